The summed E-state index contributed by atoms with van der Waals surface area (Å²) in [5.41, 5.74) is 1.70. The van der Waals surface area contributed by atoms with Crippen LogP contribution in [0.15, 0.2) is 18.2 Å². The normalized spacial score (nSPS) is 15.4. The highest BCUT2D eigenvalue weighted by atomic mass is 16.6. The zero-order valence-corrected chi connectivity index (χ0v) is 16.5. The number of amides is 1. The first-order valence-corrected chi connectivity index (χ1v) is 9.18. The van der Waals surface area contributed by atoms with Crippen LogP contribution in [0.1, 0.15) is 38.3 Å². The molecule has 1 aromatic carbocycles. The zero-order chi connectivity index (χ0) is 20.0. The molecule has 1 N–H and O–H groups in total. The number of aliphatic hydroxyl groups excluding tert-OH is 1. The Morgan fingerprint density at radius 1 is 1.19 bits per heavy atom. The van der Waals surface area contributed by atoms with E-state index >= 15 is 0 Å². The lowest BCUT2D eigenvalue weighted by Gasteiger charge is -2.26. The fourth-order valence-corrected chi connectivity index (χ4v) is 2.92. The molecule has 27 heavy (non-hydrogen) atoms. The van der Waals surface area contributed by atoms with Gasteiger partial charge in [-0.2, -0.15) is 0 Å². The van der Waals surface area contributed by atoms with Crippen molar-refractivity contribution in [3.8, 4) is 5.75 Å². The molecule has 1 atom stereocenters. The average Bonchev–Trinajstić information content (AvgIpc) is 2.81. The number of esters is 1. The van der Waals surface area contributed by atoms with E-state index in [4.69, 9.17) is 19.3 Å². The first kappa shape index (κ1) is 21.0. The molecule has 7 nitrogen and oxygen atoms in total. The van der Waals surface area contributed by atoms with Gasteiger partial charge in [0.05, 0.1) is 7.11 Å². The van der Waals surface area contributed by atoms with E-state index in [1.54, 1.807) is 11.0 Å². The molecular weight excluding hydrogens is 350 g/mol. The van der Waals surface area contributed by atoms with Crippen molar-refractivity contribution in [3.63, 3.8) is 0 Å². The van der Waals surface area contributed by atoms with Gasteiger partial charge in [0.2, 0.25) is 0 Å². The molecule has 2 rings (SSSR count). The number of fused-ring (bicyclic) bond motifs is 1. The Kier molecular flexibility index (Phi) is 7.07. The molecule has 0 spiro atoms. The van der Waals surface area contributed by atoms with Crippen molar-refractivity contribution in [1.82, 2.24) is 4.90 Å². The number of nitrogens with zero attached hydrogens (tertiary/aromatic N) is 1. The highest BCUT2D eigenvalue weighted by Gasteiger charge is 2.25. The molecular formula is C20H29NO6. The van der Waals surface area contributed by atoms with Crippen LogP contribution in [-0.4, -0.2) is 60.6 Å². The maximum atomic E-state index is 12.3. The number of rotatable bonds is 5. The number of aliphatic hydroxyl groups is 1. The summed E-state index contributed by atoms with van der Waals surface area (Å²) in [5, 5.41) is 9.11. The molecule has 1 amide bonds. The second-order valence-electron chi connectivity index (χ2n) is 7.54. The summed E-state index contributed by atoms with van der Waals surface area (Å²) in [4.78, 5) is 25.8. The second-order valence-corrected chi connectivity index (χ2v) is 7.54. The summed E-state index contributed by atoms with van der Waals surface area (Å²) in [6, 6.07) is 5.65. The molecule has 1 aromatic rings. The van der Waals surface area contributed by atoms with Gasteiger partial charge in [0, 0.05) is 26.1 Å². The first-order chi connectivity index (χ1) is 12.7. The Bertz CT molecular complexity index is 667. The Morgan fingerprint density at radius 3 is 2.44 bits per heavy atom. The highest BCUT2D eigenvalue weighted by molar-refractivity contribution is 5.75. The second kappa shape index (κ2) is 9.08. The number of methoxy groups -OCH3 is 1. The fourth-order valence-electron chi connectivity index (χ4n) is 2.92. The van der Waals surface area contributed by atoms with E-state index in [0.717, 1.165) is 17.5 Å². The third-order valence-electron chi connectivity index (χ3n) is 4.27. The van der Waals surface area contributed by atoms with Crippen molar-refractivity contribution in [2.45, 2.75) is 51.7 Å². The predicted molar refractivity (Wildman–Crippen MR) is 99.8 cm³/mol. The summed E-state index contributed by atoms with van der Waals surface area (Å²) in [6.07, 6.45) is 0.416. The minimum atomic E-state index is -0.845. The van der Waals surface area contributed by atoms with E-state index in [1.807, 2.05) is 32.9 Å². The standard InChI is InChI=1S/C20H29NO6/c1-20(2,3)27-19(24)21-10-7-14-5-6-16(13-15(14)8-11-21)26-17(9-12-22)18(23)25-4/h5-6,13,17,22H,7-12H2,1-4H3. The molecule has 0 fully saturated rings. The van der Waals surface area contributed by atoms with E-state index in [-0.39, 0.29) is 19.1 Å². The van der Waals surface area contributed by atoms with Crippen LogP contribution in [0.5, 0.6) is 5.75 Å². The molecule has 150 valence electrons. The maximum Gasteiger partial charge on any atom is 0.410 e. The van der Waals surface area contributed by atoms with E-state index in [1.165, 1.54) is 7.11 Å². The van der Waals surface area contributed by atoms with Gasteiger partial charge in [-0.3, -0.25) is 0 Å². The number of ether oxygens (including phenoxy) is 3. The monoisotopic (exact) mass is 379 g/mol. The first-order valence-electron chi connectivity index (χ1n) is 9.18. The van der Waals surface area contributed by atoms with Crippen LogP contribution >= 0.6 is 0 Å². The summed E-state index contributed by atoms with van der Waals surface area (Å²) in [7, 11) is 1.29. The summed E-state index contributed by atoms with van der Waals surface area (Å²) >= 11 is 0. The van der Waals surface area contributed by atoms with E-state index in [9.17, 15) is 9.59 Å². The van der Waals surface area contributed by atoms with Gasteiger partial charge in [0.15, 0.2) is 6.10 Å². The lowest BCUT2D eigenvalue weighted by atomic mass is 10.0. The van der Waals surface area contributed by atoms with Gasteiger partial charge in [-0.15, -0.1) is 0 Å². The molecule has 0 bridgehead atoms. The Labute approximate surface area is 160 Å². The van der Waals surface area contributed by atoms with Gasteiger partial charge in [0.1, 0.15) is 11.4 Å². The van der Waals surface area contributed by atoms with Gasteiger partial charge in [0.25, 0.3) is 0 Å². The Morgan fingerprint density at radius 2 is 1.85 bits per heavy atom. The summed E-state index contributed by atoms with van der Waals surface area (Å²) in [6.45, 7) is 6.54. The van der Waals surface area contributed by atoms with E-state index < -0.39 is 17.7 Å². The number of hydrogen-bond donors (Lipinski definition) is 1. The highest BCUT2D eigenvalue weighted by Crippen LogP contribution is 2.24. The quantitative estimate of drug-likeness (QED) is 0.791. The molecule has 0 radical (unpaired) electrons. The molecule has 1 aliphatic rings. The van der Waals surface area contributed by atoms with Crippen LogP contribution in [0.3, 0.4) is 0 Å². The lowest BCUT2D eigenvalue weighted by Crippen LogP contribution is -2.38. The van der Waals surface area contributed by atoms with Crippen molar-refractivity contribution < 1.29 is 28.9 Å². The van der Waals surface area contributed by atoms with Crippen molar-refractivity contribution in [2.75, 3.05) is 26.8 Å². The molecule has 7 heteroatoms. The van der Waals surface area contributed by atoms with Crippen LogP contribution in [0.4, 0.5) is 4.79 Å². The SMILES string of the molecule is COC(=O)C(CCO)Oc1ccc2c(c1)CCN(C(=O)OC(C)(C)C)CC2. The fraction of sp³-hybridized carbons (Fsp3) is 0.600. The van der Waals surface area contributed by atoms with Gasteiger partial charge in [-0.1, -0.05) is 6.07 Å². The molecule has 0 aliphatic carbocycles. The molecule has 0 saturated carbocycles. The van der Waals surface area contributed by atoms with Crippen LogP contribution < -0.4 is 4.74 Å². The molecule has 0 saturated heterocycles. The third-order valence-corrected chi connectivity index (χ3v) is 4.27. The van der Waals surface area contributed by atoms with Crippen LogP contribution in [0.25, 0.3) is 0 Å². The lowest BCUT2D eigenvalue weighted by molar-refractivity contribution is -0.149. The van der Waals surface area contributed by atoms with Crippen molar-refractivity contribution in [1.29, 1.82) is 0 Å². The minimum Gasteiger partial charge on any atom is -0.479 e. The Hall–Kier alpha value is -2.28. The van der Waals surface area contributed by atoms with Crippen LogP contribution in [0, 0.1) is 0 Å². The van der Waals surface area contributed by atoms with Crippen molar-refractivity contribution >= 4 is 12.1 Å². The topological polar surface area (TPSA) is 85.3 Å². The van der Waals surface area contributed by atoms with Crippen molar-refractivity contribution in [2.24, 2.45) is 0 Å². The third kappa shape index (κ3) is 6.13. The predicted octanol–water partition coefficient (Wildman–Crippen LogP) is 2.33. The maximum absolute atomic E-state index is 12.3. The van der Waals surface area contributed by atoms with Gasteiger partial charge in [-0.05, 0) is 56.9 Å². The van der Waals surface area contributed by atoms with Gasteiger partial charge < -0.3 is 24.2 Å². The van der Waals surface area contributed by atoms with E-state index in [2.05, 4.69) is 0 Å². The Balaban J connectivity index is 2.07. The molecule has 1 unspecified atom stereocenters. The summed E-state index contributed by atoms with van der Waals surface area (Å²) in [5.74, 6) is 0.0263. The number of benzene rings is 1. The smallest absolute Gasteiger partial charge is 0.410 e. The molecule has 1 aliphatic heterocycles. The van der Waals surface area contributed by atoms with Crippen LogP contribution in [-0.2, 0) is 27.1 Å². The number of hydrogen-bond acceptors (Lipinski definition) is 6. The zero-order valence-electron chi connectivity index (χ0n) is 16.5. The summed E-state index contributed by atoms with van der Waals surface area (Å²) < 4.78 is 15.9. The number of carbonyl (C=O) groups excluding carboxylic acids is 2. The van der Waals surface area contributed by atoms with Gasteiger partial charge >= 0.3 is 12.1 Å². The van der Waals surface area contributed by atoms with Gasteiger partial charge in [-0.25, -0.2) is 9.59 Å². The molecule has 1 heterocycles. The minimum absolute atomic E-state index is 0.163. The van der Waals surface area contributed by atoms with Crippen LogP contribution in [0.2, 0.25) is 0 Å². The molecule has 0 aromatic heterocycles. The average molecular weight is 379 g/mol. The largest absolute Gasteiger partial charge is 0.479 e. The van der Waals surface area contributed by atoms with E-state index in [0.29, 0.717) is 25.3 Å². The number of carbonyl (C=O) groups is 2. The van der Waals surface area contributed by atoms with Crippen molar-refractivity contribution in [3.05, 3.63) is 29.3 Å².